The zero-order valence-electron chi connectivity index (χ0n) is 36.6. The molecule has 2 fully saturated rings. The second kappa shape index (κ2) is 19.1. The van der Waals surface area contributed by atoms with Crippen molar-refractivity contribution in [3.05, 3.63) is 84.7 Å². The van der Waals surface area contributed by atoms with E-state index in [4.69, 9.17) is 21.9 Å². The van der Waals surface area contributed by atoms with Crippen LogP contribution in [0.4, 0.5) is 34.6 Å². The van der Waals surface area contributed by atoms with Crippen LogP contribution >= 0.6 is 0 Å². The van der Waals surface area contributed by atoms with E-state index in [0.717, 1.165) is 84.5 Å². The number of hydrogen-bond donors (Lipinski definition) is 7. The Balaban J connectivity index is 0.000000193. The number of ether oxygens (including phenoxy) is 1. The number of aryl methyl sites for hydroxylation is 2. The van der Waals surface area contributed by atoms with Gasteiger partial charge in [0.2, 0.25) is 0 Å². The number of primary amides is 2. The van der Waals surface area contributed by atoms with Crippen molar-refractivity contribution in [2.24, 2.45) is 37.2 Å². The molecule has 2 saturated carbocycles. The standard InChI is InChI=1S/C26H34N6O3.C20H25N7O/c1-26(2,3)35-22(33)14-16-8-5-6-9-18(16)29-21-15-28-23(24(27)34)25(31-21)30-19-10-7-11-20-17(19)12-13-32(20)4;1-27-10-9-12-14(7-4-8-16(12)27)25-20-18(19(22)28)23-11-17(26-20)24-15-6-3-2-5-13(15)21/h7,10-13,15-16,18H,5-6,8-9,14H2,1-4H3,(H2,27,34)(H2,29,30,31);4,7-11,13,15H,2-3,5-6,21H2,1H3,(H2,22,28)(H2,24,25,26)/t16-,18-;13-,15+/m10/s1. The van der Waals surface area contributed by atoms with Gasteiger partial charge in [-0.3, -0.25) is 14.4 Å². The van der Waals surface area contributed by atoms with Gasteiger partial charge in [0.15, 0.2) is 23.0 Å². The van der Waals surface area contributed by atoms with E-state index < -0.39 is 17.4 Å². The molecule has 2 amide bonds. The molecule has 6 aromatic rings. The minimum Gasteiger partial charge on any atom is -0.460 e. The van der Waals surface area contributed by atoms with Gasteiger partial charge in [-0.15, -0.1) is 0 Å². The first-order valence-corrected chi connectivity index (χ1v) is 21.6. The van der Waals surface area contributed by atoms with Gasteiger partial charge in [0, 0.05) is 77.8 Å². The van der Waals surface area contributed by atoms with Crippen molar-refractivity contribution >= 4 is 74.2 Å². The lowest BCUT2D eigenvalue weighted by atomic mass is 9.82. The van der Waals surface area contributed by atoms with Gasteiger partial charge in [-0.25, -0.2) is 19.9 Å². The maximum atomic E-state index is 12.5. The second-order valence-electron chi connectivity index (χ2n) is 17.5. The highest BCUT2D eigenvalue weighted by molar-refractivity contribution is 6.00. The summed E-state index contributed by atoms with van der Waals surface area (Å²) in [5.74, 6) is 0.379. The molecular weight excluding hydrogens is 799 g/mol. The molecule has 0 saturated heterocycles. The van der Waals surface area contributed by atoms with Crippen LogP contribution in [0, 0.1) is 5.92 Å². The number of carbonyl (C=O) groups excluding carboxylic acids is 3. The molecule has 2 aliphatic rings. The smallest absolute Gasteiger partial charge is 0.306 e. The average Bonchev–Trinajstić information content (AvgIpc) is 3.81. The molecule has 4 aromatic heterocycles. The SMILES string of the molecule is Cn1ccc2c(Nc3nc(N[C@@H]4CCCC[C@@H]4CC(=O)OC(C)(C)C)cnc3C(N)=O)cccc21.Cn1ccc2c(Nc3nc(N[C@@H]4CCCC[C@@H]4N)cnc3C(N)=O)cccc21. The topological polar surface area (TPSA) is 248 Å². The number of amides is 2. The third kappa shape index (κ3) is 10.8. The predicted octanol–water partition coefficient (Wildman–Crippen LogP) is 7.01. The third-order valence-corrected chi connectivity index (χ3v) is 11.6. The Hall–Kier alpha value is -6.75. The lowest BCUT2D eigenvalue weighted by Crippen LogP contribution is -2.42. The first-order valence-electron chi connectivity index (χ1n) is 21.6. The number of hydrogen-bond acceptors (Lipinski definition) is 13. The number of carbonyl (C=O) groups is 3. The summed E-state index contributed by atoms with van der Waals surface area (Å²) >= 11 is 0. The molecular formula is C46H59N13O4. The molecule has 0 radical (unpaired) electrons. The molecule has 0 unspecified atom stereocenters. The van der Waals surface area contributed by atoms with Crippen LogP contribution in [0.25, 0.3) is 21.8 Å². The van der Waals surface area contributed by atoms with Crippen LogP contribution in [-0.2, 0) is 23.6 Å². The summed E-state index contributed by atoms with van der Waals surface area (Å²) in [6, 6.07) is 16.1. The van der Waals surface area contributed by atoms with Crippen LogP contribution in [0.2, 0.25) is 0 Å². The summed E-state index contributed by atoms with van der Waals surface area (Å²) in [4.78, 5) is 54.2. The number of fused-ring (bicyclic) bond motifs is 2. The van der Waals surface area contributed by atoms with E-state index in [0.29, 0.717) is 29.7 Å². The Labute approximate surface area is 367 Å². The summed E-state index contributed by atoms with van der Waals surface area (Å²) in [7, 11) is 3.96. The van der Waals surface area contributed by atoms with E-state index in [9.17, 15) is 14.4 Å². The fraction of sp³-hybridized carbons (Fsp3) is 0.413. The maximum absolute atomic E-state index is 12.5. The quantitative estimate of drug-likeness (QED) is 0.0613. The van der Waals surface area contributed by atoms with Gasteiger partial charge >= 0.3 is 5.97 Å². The molecule has 17 nitrogen and oxygen atoms in total. The number of rotatable bonds is 12. The molecule has 0 aliphatic heterocycles. The van der Waals surface area contributed by atoms with E-state index in [1.165, 1.54) is 12.4 Å². The Morgan fingerprint density at radius 3 is 1.67 bits per heavy atom. The Bertz CT molecular complexity index is 2600. The van der Waals surface area contributed by atoms with E-state index in [1.807, 2.05) is 105 Å². The van der Waals surface area contributed by atoms with E-state index in [1.54, 1.807) is 0 Å². The highest BCUT2D eigenvalue weighted by atomic mass is 16.6. The van der Waals surface area contributed by atoms with Crippen LogP contribution in [0.1, 0.15) is 99.5 Å². The molecule has 8 rings (SSSR count). The van der Waals surface area contributed by atoms with Crippen LogP contribution in [0.3, 0.4) is 0 Å². The largest absolute Gasteiger partial charge is 0.460 e. The third-order valence-electron chi connectivity index (χ3n) is 11.6. The van der Waals surface area contributed by atoms with E-state index >= 15 is 0 Å². The molecule has 17 heteroatoms. The number of aromatic nitrogens is 6. The maximum Gasteiger partial charge on any atom is 0.306 e. The Morgan fingerprint density at radius 1 is 0.698 bits per heavy atom. The fourth-order valence-electron chi connectivity index (χ4n) is 8.49. The summed E-state index contributed by atoms with van der Waals surface area (Å²) in [6.45, 7) is 5.63. The van der Waals surface area contributed by atoms with Gasteiger partial charge in [0.25, 0.3) is 11.8 Å². The van der Waals surface area contributed by atoms with Crippen molar-refractivity contribution in [3.63, 3.8) is 0 Å². The molecule has 0 spiro atoms. The van der Waals surface area contributed by atoms with Crippen LogP contribution in [-0.4, -0.2) is 70.6 Å². The van der Waals surface area contributed by atoms with Crippen LogP contribution < -0.4 is 38.5 Å². The zero-order valence-corrected chi connectivity index (χ0v) is 36.6. The van der Waals surface area contributed by atoms with Crippen molar-refractivity contribution in [2.75, 3.05) is 21.3 Å². The van der Waals surface area contributed by atoms with Crippen molar-refractivity contribution < 1.29 is 19.1 Å². The van der Waals surface area contributed by atoms with Gasteiger partial charge in [-0.2, -0.15) is 0 Å². The first-order chi connectivity index (χ1) is 30.1. The molecule has 2 aromatic carbocycles. The van der Waals surface area contributed by atoms with E-state index in [2.05, 4.69) is 41.2 Å². The molecule has 4 heterocycles. The zero-order chi connectivity index (χ0) is 44.8. The lowest BCUT2D eigenvalue weighted by Gasteiger charge is -2.32. The lowest BCUT2D eigenvalue weighted by molar-refractivity contribution is -0.156. The number of esters is 1. The first kappa shape index (κ1) is 44.3. The Morgan fingerprint density at radius 2 is 1.17 bits per heavy atom. The van der Waals surface area contributed by atoms with Gasteiger partial charge in [0.1, 0.15) is 17.2 Å². The Kier molecular flexibility index (Phi) is 13.4. The number of nitrogens with one attached hydrogen (secondary N) is 4. The molecule has 63 heavy (non-hydrogen) atoms. The minimum absolute atomic E-state index is 0.0513. The highest BCUT2D eigenvalue weighted by Crippen LogP contribution is 2.33. The van der Waals surface area contributed by atoms with Crippen molar-refractivity contribution in [3.8, 4) is 0 Å². The van der Waals surface area contributed by atoms with Crippen LogP contribution in [0.15, 0.2) is 73.3 Å². The summed E-state index contributed by atoms with van der Waals surface area (Å²) in [6.07, 6.45) is 15.6. The summed E-state index contributed by atoms with van der Waals surface area (Å²) in [5, 5.41) is 15.3. The highest BCUT2D eigenvalue weighted by Gasteiger charge is 2.30. The predicted molar refractivity (Wildman–Crippen MR) is 247 cm³/mol. The minimum atomic E-state index is -0.660. The number of nitrogens with zero attached hydrogens (tertiary/aromatic N) is 6. The van der Waals surface area contributed by atoms with Crippen molar-refractivity contribution in [1.29, 1.82) is 0 Å². The second-order valence-corrected chi connectivity index (χ2v) is 17.5. The molecule has 2 aliphatic carbocycles. The van der Waals surface area contributed by atoms with Crippen molar-refractivity contribution in [2.45, 2.75) is 102 Å². The molecule has 332 valence electrons. The number of benzene rings is 2. The molecule has 10 N–H and O–H groups in total. The molecule has 4 atom stereocenters. The van der Waals surface area contributed by atoms with Gasteiger partial charge in [-0.1, -0.05) is 37.8 Å². The summed E-state index contributed by atoms with van der Waals surface area (Å²) < 4.78 is 9.60. The number of anilines is 6. The van der Waals surface area contributed by atoms with Gasteiger partial charge in [-0.05, 0) is 88.8 Å². The van der Waals surface area contributed by atoms with E-state index in [-0.39, 0.29) is 41.4 Å². The molecule has 0 bridgehead atoms. The number of nitrogens with two attached hydrogens (primary N) is 3. The van der Waals surface area contributed by atoms with Gasteiger partial charge < -0.3 is 52.3 Å². The van der Waals surface area contributed by atoms with Crippen LogP contribution in [0.5, 0.6) is 0 Å². The normalized spacial score (nSPS) is 18.8. The average molecular weight is 858 g/mol. The fourth-order valence-corrected chi connectivity index (χ4v) is 8.49. The van der Waals surface area contributed by atoms with Crippen molar-refractivity contribution in [1.82, 2.24) is 29.1 Å². The summed E-state index contributed by atoms with van der Waals surface area (Å²) in [5.41, 5.74) is 20.8. The monoisotopic (exact) mass is 857 g/mol. The van der Waals surface area contributed by atoms with Gasteiger partial charge in [0.05, 0.1) is 18.8 Å².